The summed E-state index contributed by atoms with van der Waals surface area (Å²) in [4.78, 5) is 66.6. The summed E-state index contributed by atoms with van der Waals surface area (Å²) in [5.41, 5.74) is 3.83. The van der Waals surface area contributed by atoms with Crippen LogP contribution in [0.2, 0.25) is 0 Å². The van der Waals surface area contributed by atoms with E-state index in [9.17, 15) is 27.6 Å². The molecule has 1 unspecified atom stereocenters. The topological polar surface area (TPSA) is 180 Å². The second-order valence-electron chi connectivity index (χ2n) is 16.3. The fourth-order valence-corrected chi connectivity index (χ4v) is 10.6. The van der Waals surface area contributed by atoms with Gasteiger partial charge in [0.05, 0.1) is 16.4 Å². The maximum atomic E-state index is 13.8. The molecule has 1 aromatic heterocycles. The molecule has 3 amide bonds. The average Bonchev–Trinajstić information content (AvgIpc) is 3.95. The van der Waals surface area contributed by atoms with Crippen molar-refractivity contribution in [1.82, 2.24) is 29.4 Å². The Morgan fingerprint density at radius 3 is 2.40 bits per heavy atom. The van der Waals surface area contributed by atoms with Crippen LogP contribution in [0.1, 0.15) is 60.0 Å². The molecule has 5 fully saturated rings. The minimum Gasteiger partial charge on any atom is -0.369 e. The summed E-state index contributed by atoms with van der Waals surface area (Å²) >= 11 is 0. The summed E-state index contributed by atoms with van der Waals surface area (Å²) in [6, 6.07) is 13.1. The molecule has 6 aliphatic rings. The quantitative estimate of drug-likeness (QED) is 0.189. The fraction of sp³-hybridized carbons (Fsp3) is 0.500. The van der Waals surface area contributed by atoms with Gasteiger partial charge in [0.15, 0.2) is 0 Å². The van der Waals surface area contributed by atoms with E-state index >= 15 is 0 Å². The van der Waals surface area contributed by atoms with Gasteiger partial charge in [0, 0.05) is 106 Å². The number of amides is 3. The standard InChI is InChI=1S/C40H48N10O6S/c1-46(34-7-8-35(52)43-37(34)53)22-27-19-30(6-5-26(27)25-51)47-15-17-48(18-16-47)31-23-49(24-31)29-3-2-4-32(20-29)57(55,56)50-13-9-28(10-14-50)42-39-41-21-33-36(45-39)44-38(54)40(33)11-12-40/h2-6,19-21,25,28,31,34H,7-18,22-24H2,1H3,(H,43,52,53)(H2,41,42,44,45,54). The third-order valence-corrected chi connectivity index (χ3v) is 14.7. The van der Waals surface area contributed by atoms with E-state index in [1.165, 1.54) is 0 Å². The number of piperazine rings is 1. The normalized spacial score (nSPS) is 23.0. The van der Waals surface area contributed by atoms with Crippen LogP contribution < -0.4 is 25.8 Å². The number of hydrogen-bond acceptors (Lipinski definition) is 13. The molecular formula is C40H48N10O6S. The number of carbonyl (C=O) groups is 4. The number of fused-ring (bicyclic) bond motifs is 2. The van der Waals surface area contributed by atoms with Crippen molar-refractivity contribution in [3.8, 4) is 0 Å². The number of anilines is 4. The summed E-state index contributed by atoms with van der Waals surface area (Å²) in [5.74, 6) is 0.482. The molecule has 2 aromatic carbocycles. The second kappa shape index (κ2) is 14.8. The summed E-state index contributed by atoms with van der Waals surface area (Å²) in [7, 11) is -1.83. The Balaban J connectivity index is 0.754. The summed E-state index contributed by atoms with van der Waals surface area (Å²) in [5, 5.41) is 8.65. The minimum absolute atomic E-state index is 0.00195. The van der Waals surface area contributed by atoms with Gasteiger partial charge in [0.2, 0.25) is 33.7 Å². The Morgan fingerprint density at radius 1 is 0.930 bits per heavy atom. The van der Waals surface area contributed by atoms with Crippen LogP contribution >= 0.6 is 0 Å². The molecule has 9 rings (SSSR count). The number of carbonyl (C=O) groups excluding carboxylic acids is 4. The van der Waals surface area contributed by atoms with E-state index in [1.807, 2.05) is 42.3 Å². The van der Waals surface area contributed by atoms with Crippen LogP contribution in [0.4, 0.5) is 23.1 Å². The lowest BCUT2D eigenvalue weighted by atomic mass is 10.0. The maximum Gasteiger partial charge on any atom is 0.243 e. The molecule has 3 aromatic rings. The molecule has 0 radical (unpaired) electrons. The third kappa shape index (κ3) is 7.15. The Morgan fingerprint density at radius 2 is 1.68 bits per heavy atom. The number of aromatic nitrogens is 2. The van der Waals surface area contributed by atoms with Gasteiger partial charge >= 0.3 is 0 Å². The third-order valence-electron chi connectivity index (χ3n) is 12.8. The predicted octanol–water partition coefficient (Wildman–Crippen LogP) is 1.79. The van der Waals surface area contributed by atoms with Gasteiger partial charge in [-0.2, -0.15) is 9.29 Å². The van der Waals surface area contributed by atoms with Crippen LogP contribution in [0.25, 0.3) is 0 Å². The number of imide groups is 1. The highest BCUT2D eigenvalue weighted by atomic mass is 32.2. The average molecular weight is 797 g/mol. The number of sulfonamides is 1. The van der Waals surface area contributed by atoms with Crippen molar-refractivity contribution >= 4 is 57.2 Å². The van der Waals surface area contributed by atoms with E-state index in [2.05, 4.69) is 40.6 Å². The first-order chi connectivity index (χ1) is 27.5. The zero-order valence-corrected chi connectivity index (χ0v) is 32.8. The maximum absolute atomic E-state index is 13.8. The highest BCUT2D eigenvalue weighted by Crippen LogP contribution is 2.54. The van der Waals surface area contributed by atoms with Crippen molar-refractivity contribution in [2.75, 3.05) is 79.8 Å². The van der Waals surface area contributed by atoms with Gasteiger partial charge in [-0.25, -0.2) is 13.4 Å². The molecule has 1 saturated carbocycles. The Kier molecular flexibility index (Phi) is 9.73. The van der Waals surface area contributed by atoms with Gasteiger partial charge in [-0.1, -0.05) is 6.07 Å². The molecule has 4 saturated heterocycles. The number of likely N-dealkylation sites (N-methyl/N-ethyl adjacent to an activating group) is 1. The van der Waals surface area contributed by atoms with Crippen LogP contribution in [0.3, 0.4) is 0 Å². The molecule has 1 spiro atoms. The first-order valence-electron chi connectivity index (χ1n) is 19.9. The van der Waals surface area contributed by atoms with Crippen molar-refractivity contribution in [1.29, 1.82) is 0 Å². The van der Waals surface area contributed by atoms with Crippen LogP contribution in [0.15, 0.2) is 53.6 Å². The fourth-order valence-electron chi connectivity index (χ4n) is 9.05. The molecule has 17 heteroatoms. The van der Waals surface area contributed by atoms with Crippen molar-refractivity contribution in [3.05, 3.63) is 65.4 Å². The summed E-state index contributed by atoms with van der Waals surface area (Å²) in [6.07, 6.45) is 6.24. The number of nitrogens with one attached hydrogen (secondary N) is 3. The molecule has 16 nitrogen and oxygen atoms in total. The van der Waals surface area contributed by atoms with Crippen LogP contribution in [-0.4, -0.2) is 134 Å². The van der Waals surface area contributed by atoms with Crippen molar-refractivity contribution in [3.63, 3.8) is 0 Å². The molecular weight excluding hydrogens is 749 g/mol. The summed E-state index contributed by atoms with van der Waals surface area (Å²) in [6.45, 7) is 6.26. The SMILES string of the molecule is CN(Cc1cc(N2CCN(C3CN(c4cccc(S(=O)(=O)N5CCC(Nc6ncc7c(n6)NC(=O)C76CC6)CC5)c4)C3)CC2)ccc1C=O)C1CCC(=O)NC1=O. The Hall–Kier alpha value is -4.97. The number of aldehydes is 1. The van der Waals surface area contributed by atoms with E-state index in [1.54, 1.807) is 22.6 Å². The van der Waals surface area contributed by atoms with Gasteiger partial charge in [-0.3, -0.25) is 34.3 Å². The second-order valence-corrected chi connectivity index (χ2v) is 18.2. The largest absolute Gasteiger partial charge is 0.369 e. The smallest absolute Gasteiger partial charge is 0.243 e. The lowest BCUT2D eigenvalue weighted by molar-refractivity contribution is -0.137. The van der Waals surface area contributed by atoms with Crippen molar-refractivity contribution in [2.24, 2.45) is 0 Å². The number of hydrogen-bond donors (Lipinski definition) is 3. The molecule has 1 aliphatic carbocycles. The van der Waals surface area contributed by atoms with Crippen molar-refractivity contribution < 1.29 is 27.6 Å². The lowest BCUT2D eigenvalue weighted by Crippen LogP contribution is -2.63. The molecule has 3 N–H and O–H groups in total. The van der Waals surface area contributed by atoms with Gasteiger partial charge in [0.25, 0.3) is 0 Å². The first kappa shape index (κ1) is 37.6. The number of rotatable bonds is 11. The van der Waals surface area contributed by atoms with E-state index in [-0.39, 0.29) is 23.8 Å². The van der Waals surface area contributed by atoms with Crippen LogP contribution in [-0.2, 0) is 36.4 Å². The molecule has 57 heavy (non-hydrogen) atoms. The Labute approximate surface area is 332 Å². The van der Waals surface area contributed by atoms with E-state index in [0.717, 1.165) is 80.9 Å². The number of piperidine rings is 2. The lowest BCUT2D eigenvalue weighted by Gasteiger charge is -2.49. The van der Waals surface area contributed by atoms with Crippen LogP contribution in [0, 0.1) is 0 Å². The minimum atomic E-state index is -3.68. The summed E-state index contributed by atoms with van der Waals surface area (Å²) < 4.78 is 29.1. The zero-order chi connectivity index (χ0) is 39.5. The zero-order valence-electron chi connectivity index (χ0n) is 32.0. The van der Waals surface area contributed by atoms with Gasteiger partial charge in [0.1, 0.15) is 12.1 Å². The number of benzene rings is 2. The molecule has 1 atom stereocenters. The molecule has 5 aliphatic heterocycles. The highest BCUT2D eigenvalue weighted by Gasteiger charge is 2.57. The van der Waals surface area contributed by atoms with E-state index in [0.29, 0.717) is 73.6 Å². The molecule has 0 bridgehead atoms. The van der Waals surface area contributed by atoms with E-state index < -0.39 is 21.5 Å². The van der Waals surface area contributed by atoms with Crippen LogP contribution in [0.5, 0.6) is 0 Å². The van der Waals surface area contributed by atoms with Gasteiger partial charge < -0.3 is 20.4 Å². The molecule has 300 valence electrons. The Bertz CT molecular complexity index is 2210. The monoisotopic (exact) mass is 796 g/mol. The van der Waals surface area contributed by atoms with Gasteiger partial charge in [-0.15, -0.1) is 0 Å². The van der Waals surface area contributed by atoms with Crippen molar-refractivity contribution in [2.45, 2.75) is 73.5 Å². The van der Waals surface area contributed by atoms with E-state index in [4.69, 9.17) is 0 Å². The highest BCUT2D eigenvalue weighted by molar-refractivity contribution is 7.89. The predicted molar refractivity (Wildman–Crippen MR) is 213 cm³/mol. The first-order valence-corrected chi connectivity index (χ1v) is 21.4. The number of nitrogens with zero attached hydrogens (tertiary/aromatic N) is 7. The van der Waals surface area contributed by atoms with Gasteiger partial charge in [-0.05, 0) is 81.1 Å². The molecule has 6 heterocycles.